The molecule has 0 amide bonds. The average molecular weight is 274 g/mol. The van der Waals surface area contributed by atoms with Gasteiger partial charge >= 0.3 is 0 Å². The lowest BCUT2D eigenvalue weighted by molar-refractivity contribution is -0.899. The Labute approximate surface area is 120 Å². The summed E-state index contributed by atoms with van der Waals surface area (Å²) in [5.74, 6) is 0.844. The van der Waals surface area contributed by atoms with E-state index in [4.69, 9.17) is 4.74 Å². The van der Waals surface area contributed by atoms with Gasteiger partial charge < -0.3 is 14.7 Å². The van der Waals surface area contributed by atoms with Crippen molar-refractivity contribution in [1.29, 1.82) is 0 Å². The molecule has 0 aliphatic heterocycles. The molecule has 2 rings (SSSR count). The van der Waals surface area contributed by atoms with E-state index in [-0.39, 0.29) is 0 Å². The van der Waals surface area contributed by atoms with Crippen molar-refractivity contribution in [1.82, 2.24) is 0 Å². The zero-order valence-corrected chi connectivity index (χ0v) is 12.3. The summed E-state index contributed by atoms with van der Waals surface area (Å²) in [6.07, 6.45) is -0.427. The third-order valence-electron chi connectivity index (χ3n) is 3.71. The molecule has 0 saturated heterocycles. The maximum Gasteiger partial charge on any atom is 0.137 e. The number of likely N-dealkylation sites (N-methyl/N-ethyl adjacent to an activating group) is 1. The number of aliphatic hydroxyl groups is 1. The van der Waals surface area contributed by atoms with Crippen molar-refractivity contribution in [3.63, 3.8) is 0 Å². The van der Waals surface area contributed by atoms with Crippen molar-refractivity contribution in [2.45, 2.75) is 20.0 Å². The minimum absolute atomic E-state index is 0.345. The predicted molar refractivity (Wildman–Crippen MR) is 82.4 cm³/mol. The van der Waals surface area contributed by atoms with Crippen LogP contribution in [0.4, 0.5) is 0 Å². The van der Waals surface area contributed by atoms with Crippen LogP contribution in [0, 0.1) is 0 Å². The van der Waals surface area contributed by atoms with Gasteiger partial charge in [-0.3, -0.25) is 0 Å². The molecule has 0 radical (unpaired) electrons. The van der Waals surface area contributed by atoms with E-state index in [9.17, 15) is 5.11 Å². The van der Waals surface area contributed by atoms with Crippen LogP contribution in [-0.4, -0.2) is 37.5 Å². The monoisotopic (exact) mass is 274 g/mol. The van der Waals surface area contributed by atoms with Crippen LogP contribution in [0.5, 0.6) is 5.75 Å². The number of hydrogen-bond acceptors (Lipinski definition) is 2. The van der Waals surface area contributed by atoms with Gasteiger partial charge in [-0.15, -0.1) is 0 Å². The third-order valence-corrected chi connectivity index (χ3v) is 3.71. The number of benzene rings is 2. The topological polar surface area (TPSA) is 33.9 Å². The molecule has 3 heteroatoms. The lowest BCUT2D eigenvalue weighted by Gasteiger charge is -2.19. The van der Waals surface area contributed by atoms with Gasteiger partial charge in [0.25, 0.3) is 0 Å². The molecule has 0 heterocycles. The van der Waals surface area contributed by atoms with Crippen molar-refractivity contribution in [3.05, 3.63) is 42.5 Å². The molecular formula is C17H24NO2+. The number of fused-ring (bicyclic) bond motifs is 1. The van der Waals surface area contributed by atoms with Crippen LogP contribution in [-0.2, 0) is 0 Å². The van der Waals surface area contributed by atoms with Gasteiger partial charge in [0.1, 0.15) is 25.0 Å². The summed E-state index contributed by atoms with van der Waals surface area (Å²) in [5, 5.41) is 12.3. The molecule has 0 aliphatic carbocycles. The van der Waals surface area contributed by atoms with Crippen LogP contribution in [0.2, 0.25) is 0 Å². The lowest BCUT2D eigenvalue weighted by Crippen LogP contribution is -3.12. The Kier molecular flexibility index (Phi) is 5.39. The normalized spacial score (nSPS) is 12.8. The Hall–Kier alpha value is -1.58. The second-order valence-electron chi connectivity index (χ2n) is 5.10. The summed E-state index contributed by atoms with van der Waals surface area (Å²) < 4.78 is 5.81. The van der Waals surface area contributed by atoms with Crippen LogP contribution in [0.25, 0.3) is 10.8 Å². The van der Waals surface area contributed by atoms with Gasteiger partial charge in [0.15, 0.2) is 0 Å². The standard InChI is InChI=1S/C17H23NO2/c1-3-18(4-2)12-15(19)13-20-17-11-7-9-14-8-5-6-10-16(14)17/h5-11,15,19H,3-4,12-13H2,1-2H3/p+1. The number of aliphatic hydroxyl groups excluding tert-OH is 1. The lowest BCUT2D eigenvalue weighted by atomic mass is 10.1. The highest BCUT2D eigenvalue weighted by atomic mass is 16.5. The highest BCUT2D eigenvalue weighted by molar-refractivity contribution is 5.88. The van der Waals surface area contributed by atoms with Crippen LogP contribution in [0.1, 0.15) is 13.8 Å². The van der Waals surface area contributed by atoms with Gasteiger partial charge in [-0.05, 0) is 25.3 Å². The molecule has 2 aromatic rings. The van der Waals surface area contributed by atoms with E-state index in [1.165, 1.54) is 4.90 Å². The molecular weight excluding hydrogens is 250 g/mol. The van der Waals surface area contributed by atoms with Crippen molar-refractivity contribution in [3.8, 4) is 5.75 Å². The SMILES string of the molecule is CC[NH+](CC)CC(O)COc1cccc2ccccc12. The van der Waals surface area contributed by atoms with Gasteiger partial charge in [-0.25, -0.2) is 0 Å². The fraction of sp³-hybridized carbons (Fsp3) is 0.412. The fourth-order valence-electron chi connectivity index (χ4n) is 2.44. The van der Waals surface area contributed by atoms with E-state index in [2.05, 4.69) is 26.0 Å². The first-order valence-corrected chi connectivity index (χ1v) is 7.36. The first kappa shape index (κ1) is 14.8. The van der Waals surface area contributed by atoms with E-state index in [0.29, 0.717) is 6.61 Å². The second kappa shape index (κ2) is 7.27. The van der Waals surface area contributed by atoms with Crippen LogP contribution in [0.15, 0.2) is 42.5 Å². The van der Waals surface area contributed by atoms with Crippen LogP contribution >= 0.6 is 0 Å². The number of hydrogen-bond donors (Lipinski definition) is 2. The largest absolute Gasteiger partial charge is 0.490 e. The Bertz CT molecular complexity index is 532. The summed E-state index contributed by atoms with van der Waals surface area (Å²) in [6.45, 7) is 7.41. The van der Waals surface area contributed by atoms with Crippen molar-refractivity contribution in [2.75, 3.05) is 26.2 Å². The van der Waals surface area contributed by atoms with Gasteiger partial charge in [0, 0.05) is 5.39 Å². The Balaban J connectivity index is 1.99. The molecule has 0 aromatic heterocycles. The maximum absolute atomic E-state index is 10.1. The van der Waals surface area contributed by atoms with Gasteiger partial charge in [0.2, 0.25) is 0 Å². The molecule has 1 atom stereocenters. The van der Waals surface area contributed by atoms with E-state index in [1.54, 1.807) is 0 Å². The highest BCUT2D eigenvalue weighted by Crippen LogP contribution is 2.25. The third kappa shape index (κ3) is 3.71. The summed E-state index contributed by atoms with van der Waals surface area (Å²) in [6, 6.07) is 14.2. The van der Waals surface area contributed by atoms with Gasteiger partial charge in [-0.2, -0.15) is 0 Å². The van der Waals surface area contributed by atoms with Gasteiger partial charge in [0.05, 0.1) is 13.1 Å². The second-order valence-corrected chi connectivity index (χ2v) is 5.10. The molecule has 1 unspecified atom stereocenters. The number of nitrogens with one attached hydrogen (secondary N) is 1. The van der Waals surface area contributed by atoms with Crippen molar-refractivity contribution < 1.29 is 14.7 Å². The van der Waals surface area contributed by atoms with E-state index in [0.717, 1.165) is 36.2 Å². The minimum atomic E-state index is -0.427. The summed E-state index contributed by atoms with van der Waals surface area (Å²) >= 11 is 0. The zero-order valence-electron chi connectivity index (χ0n) is 12.3. The van der Waals surface area contributed by atoms with E-state index < -0.39 is 6.10 Å². The molecule has 0 aliphatic rings. The summed E-state index contributed by atoms with van der Waals surface area (Å²) in [5.41, 5.74) is 0. The average Bonchev–Trinajstić information content (AvgIpc) is 2.50. The molecule has 0 bridgehead atoms. The Morgan fingerprint density at radius 3 is 2.50 bits per heavy atom. The highest BCUT2D eigenvalue weighted by Gasteiger charge is 2.13. The van der Waals surface area contributed by atoms with Crippen molar-refractivity contribution in [2.24, 2.45) is 0 Å². The fourth-order valence-corrected chi connectivity index (χ4v) is 2.44. The Morgan fingerprint density at radius 2 is 1.75 bits per heavy atom. The number of rotatable bonds is 7. The van der Waals surface area contributed by atoms with Crippen LogP contribution < -0.4 is 9.64 Å². The molecule has 2 N–H and O–H groups in total. The molecule has 20 heavy (non-hydrogen) atoms. The van der Waals surface area contributed by atoms with E-state index in [1.807, 2.05) is 30.3 Å². The molecule has 2 aromatic carbocycles. The first-order valence-electron chi connectivity index (χ1n) is 7.36. The zero-order chi connectivity index (χ0) is 14.4. The molecule has 108 valence electrons. The minimum Gasteiger partial charge on any atom is -0.490 e. The summed E-state index contributed by atoms with van der Waals surface area (Å²) in [4.78, 5) is 1.39. The number of ether oxygens (including phenoxy) is 1. The maximum atomic E-state index is 10.1. The molecule has 0 saturated carbocycles. The first-order chi connectivity index (χ1) is 9.74. The van der Waals surface area contributed by atoms with Crippen molar-refractivity contribution >= 4 is 10.8 Å². The number of quaternary nitrogens is 1. The molecule has 0 spiro atoms. The molecule has 3 nitrogen and oxygen atoms in total. The predicted octanol–water partition coefficient (Wildman–Crippen LogP) is 1.50. The Morgan fingerprint density at radius 1 is 1.05 bits per heavy atom. The van der Waals surface area contributed by atoms with Gasteiger partial charge in [-0.1, -0.05) is 36.4 Å². The summed E-state index contributed by atoms with van der Waals surface area (Å²) in [7, 11) is 0. The van der Waals surface area contributed by atoms with E-state index >= 15 is 0 Å². The smallest absolute Gasteiger partial charge is 0.137 e. The quantitative estimate of drug-likeness (QED) is 0.802. The molecule has 0 fully saturated rings. The van der Waals surface area contributed by atoms with Crippen LogP contribution in [0.3, 0.4) is 0 Å².